The van der Waals surface area contributed by atoms with Gasteiger partial charge in [-0.1, -0.05) is 48.5 Å². The predicted octanol–water partition coefficient (Wildman–Crippen LogP) is 2.10. The zero-order valence-corrected chi connectivity index (χ0v) is 10.6. The molecular formula is C16H17NO2. The second-order valence-electron chi connectivity index (χ2n) is 4.52. The summed E-state index contributed by atoms with van der Waals surface area (Å²) in [6.07, 6.45) is 0.682. The highest BCUT2D eigenvalue weighted by atomic mass is 16.3. The van der Waals surface area contributed by atoms with Crippen LogP contribution in [0.25, 0.3) is 0 Å². The standard InChI is InChI=1S/C16H17NO2/c17-16(19)15-9-5-4-8-14(15)13(11-18)10-12-6-2-1-3-7-12/h1-9,13,18H,10-11H2,(H2,17,19)/t13-/m0/s1. The highest BCUT2D eigenvalue weighted by Gasteiger charge is 2.17. The van der Waals surface area contributed by atoms with Crippen LogP contribution in [0, 0.1) is 0 Å². The minimum atomic E-state index is -0.456. The molecule has 0 aliphatic carbocycles. The number of benzene rings is 2. The Morgan fingerprint density at radius 3 is 2.32 bits per heavy atom. The molecule has 98 valence electrons. The van der Waals surface area contributed by atoms with Gasteiger partial charge in [0.25, 0.3) is 0 Å². The Labute approximate surface area is 112 Å². The van der Waals surface area contributed by atoms with E-state index >= 15 is 0 Å². The van der Waals surface area contributed by atoms with Gasteiger partial charge in [0.1, 0.15) is 0 Å². The van der Waals surface area contributed by atoms with Gasteiger partial charge in [-0.05, 0) is 23.6 Å². The molecule has 1 amide bonds. The summed E-state index contributed by atoms with van der Waals surface area (Å²) in [4.78, 5) is 11.4. The number of nitrogens with two attached hydrogens (primary N) is 1. The van der Waals surface area contributed by atoms with Crippen molar-refractivity contribution in [1.82, 2.24) is 0 Å². The van der Waals surface area contributed by atoms with Crippen LogP contribution >= 0.6 is 0 Å². The molecule has 0 fully saturated rings. The largest absolute Gasteiger partial charge is 0.396 e. The van der Waals surface area contributed by atoms with Crippen molar-refractivity contribution < 1.29 is 9.90 Å². The second kappa shape index (κ2) is 6.16. The van der Waals surface area contributed by atoms with Crippen LogP contribution in [0.15, 0.2) is 54.6 Å². The molecular weight excluding hydrogens is 238 g/mol. The Morgan fingerprint density at radius 2 is 1.68 bits per heavy atom. The third-order valence-electron chi connectivity index (χ3n) is 3.21. The highest BCUT2D eigenvalue weighted by molar-refractivity contribution is 5.94. The molecule has 2 aromatic carbocycles. The van der Waals surface area contributed by atoms with Gasteiger partial charge in [-0.3, -0.25) is 4.79 Å². The Balaban J connectivity index is 2.30. The second-order valence-corrected chi connectivity index (χ2v) is 4.52. The summed E-state index contributed by atoms with van der Waals surface area (Å²) in [5, 5.41) is 9.59. The van der Waals surface area contributed by atoms with E-state index in [2.05, 4.69) is 0 Å². The molecule has 19 heavy (non-hydrogen) atoms. The number of carbonyl (C=O) groups excluding carboxylic acids is 1. The molecule has 0 unspecified atom stereocenters. The van der Waals surface area contributed by atoms with Gasteiger partial charge in [-0.2, -0.15) is 0 Å². The number of rotatable bonds is 5. The van der Waals surface area contributed by atoms with E-state index in [9.17, 15) is 9.90 Å². The Kier molecular flexibility index (Phi) is 4.31. The molecule has 2 aromatic rings. The Hall–Kier alpha value is -2.13. The lowest BCUT2D eigenvalue weighted by Gasteiger charge is -2.17. The van der Waals surface area contributed by atoms with E-state index in [-0.39, 0.29) is 12.5 Å². The van der Waals surface area contributed by atoms with E-state index in [1.54, 1.807) is 12.1 Å². The van der Waals surface area contributed by atoms with Crippen LogP contribution in [-0.2, 0) is 6.42 Å². The summed E-state index contributed by atoms with van der Waals surface area (Å²) < 4.78 is 0. The normalized spacial score (nSPS) is 12.1. The van der Waals surface area contributed by atoms with Gasteiger partial charge in [0, 0.05) is 11.5 Å². The zero-order valence-electron chi connectivity index (χ0n) is 10.6. The van der Waals surface area contributed by atoms with E-state index < -0.39 is 5.91 Å². The quantitative estimate of drug-likeness (QED) is 0.859. The number of amides is 1. The van der Waals surface area contributed by atoms with Gasteiger partial charge >= 0.3 is 0 Å². The number of carbonyl (C=O) groups is 1. The minimum Gasteiger partial charge on any atom is -0.396 e. The lowest BCUT2D eigenvalue weighted by molar-refractivity contribution is 0.0998. The average Bonchev–Trinajstić information content (AvgIpc) is 2.46. The first-order valence-electron chi connectivity index (χ1n) is 6.26. The molecule has 3 nitrogen and oxygen atoms in total. The van der Waals surface area contributed by atoms with E-state index in [0.717, 1.165) is 11.1 Å². The van der Waals surface area contributed by atoms with Gasteiger partial charge in [0.05, 0.1) is 6.61 Å². The monoisotopic (exact) mass is 255 g/mol. The lowest BCUT2D eigenvalue weighted by atomic mass is 9.89. The molecule has 0 aliphatic heterocycles. The van der Waals surface area contributed by atoms with Crippen molar-refractivity contribution >= 4 is 5.91 Å². The van der Waals surface area contributed by atoms with Crippen molar-refractivity contribution in [2.45, 2.75) is 12.3 Å². The number of aliphatic hydroxyl groups is 1. The molecule has 0 saturated carbocycles. The van der Waals surface area contributed by atoms with E-state index in [0.29, 0.717) is 12.0 Å². The van der Waals surface area contributed by atoms with Crippen LogP contribution in [0.2, 0.25) is 0 Å². The minimum absolute atomic E-state index is 0.0147. The number of aliphatic hydroxyl groups excluding tert-OH is 1. The maximum Gasteiger partial charge on any atom is 0.248 e. The molecule has 3 N–H and O–H groups in total. The fourth-order valence-corrected chi connectivity index (χ4v) is 2.25. The van der Waals surface area contributed by atoms with Crippen molar-refractivity contribution in [2.75, 3.05) is 6.61 Å². The molecule has 0 aromatic heterocycles. The van der Waals surface area contributed by atoms with Crippen LogP contribution < -0.4 is 5.73 Å². The van der Waals surface area contributed by atoms with Crippen LogP contribution in [-0.4, -0.2) is 17.6 Å². The average molecular weight is 255 g/mol. The van der Waals surface area contributed by atoms with Crippen LogP contribution in [0.5, 0.6) is 0 Å². The van der Waals surface area contributed by atoms with Crippen molar-refractivity contribution in [3.8, 4) is 0 Å². The van der Waals surface area contributed by atoms with Gasteiger partial charge in [-0.25, -0.2) is 0 Å². The molecule has 0 spiro atoms. The molecule has 0 saturated heterocycles. The topological polar surface area (TPSA) is 63.3 Å². The SMILES string of the molecule is NC(=O)c1ccccc1[C@H](CO)Cc1ccccc1. The van der Waals surface area contributed by atoms with Crippen LogP contribution in [0.4, 0.5) is 0 Å². The Bertz CT molecular complexity index is 552. The third kappa shape index (κ3) is 3.20. The summed E-state index contributed by atoms with van der Waals surface area (Å²) in [5.41, 5.74) is 7.80. The molecule has 2 rings (SSSR count). The molecule has 3 heteroatoms. The fraction of sp³-hybridized carbons (Fsp3) is 0.188. The van der Waals surface area contributed by atoms with Gasteiger partial charge in [0.15, 0.2) is 0 Å². The third-order valence-corrected chi connectivity index (χ3v) is 3.21. The summed E-state index contributed by atoms with van der Waals surface area (Å²) in [6.45, 7) is -0.0147. The smallest absolute Gasteiger partial charge is 0.248 e. The van der Waals surface area contributed by atoms with Crippen LogP contribution in [0.3, 0.4) is 0 Å². The van der Waals surface area contributed by atoms with Crippen LogP contribution in [0.1, 0.15) is 27.4 Å². The van der Waals surface area contributed by atoms with Crippen molar-refractivity contribution in [2.24, 2.45) is 5.73 Å². The van der Waals surface area contributed by atoms with E-state index in [1.165, 1.54) is 0 Å². The molecule has 0 aliphatic rings. The summed E-state index contributed by atoms with van der Waals surface area (Å²) in [7, 11) is 0. The molecule has 0 bridgehead atoms. The first-order chi connectivity index (χ1) is 9.22. The summed E-state index contributed by atoms with van der Waals surface area (Å²) >= 11 is 0. The fourth-order valence-electron chi connectivity index (χ4n) is 2.25. The zero-order chi connectivity index (χ0) is 13.7. The lowest BCUT2D eigenvalue weighted by Crippen LogP contribution is -2.18. The van der Waals surface area contributed by atoms with Gasteiger partial charge in [0.2, 0.25) is 5.91 Å². The molecule has 1 atom stereocenters. The van der Waals surface area contributed by atoms with Crippen molar-refractivity contribution in [3.05, 3.63) is 71.3 Å². The van der Waals surface area contributed by atoms with Crippen molar-refractivity contribution in [3.63, 3.8) is 0 Å². The molecule has 0 heterocycles. The highest BCUT2D eigenvalue weighted by Crippen LogP contribution is 2.23. The first-order valence-corrected chi connectivity index (χ1v) is 6.26. The van der Waals surface area contributed by atoms with E-state index in [1.807, 2.05) is 42.5 Å². The summed E-state index contributed by atoms with van der Waals surface area (Å²) in [5.74, 6) is -0.576. The van der Waals surface area contributed by atoms with Gasteiger partial charge in [-0.15, -0.1) is 0 Å². The number of primary amides is 1. The first kappa shape index (κ1) is 13.3. The summed E-state index contributed by atoms with van der Waals surface area (Å²) in [6, 6.07) is 17.1. The predicted molar refractivity (Wildman–Crippen MR) is 74.9 cm³/mol. The van der Waals surface area contributed by atoms with Crippen molar-refractivity contribution in [1.29, 1.82) is 0 Å². The maximum atomic E-state index is 11.4. The number of hydrogen-bond acceptors (Lipinski definition) is 2. The Morgan fingerprint density at radius 1 is 1.05 bits per heavy atom. The molecule has 0 radical (unpaired) electrons. The van der Waals surface area contributed by atoms with Gasteiger partial charge < -0.3 is 10.8 Å². The van der Waals surface area contributed by atoms with E-state index in [4.69, 9.17) is 5.73 Å². The number of hydrogen-bond donors (Lipinski definition) is 2. The maximum absolute atomic E-state index is 11.4.